The second-order valence-electron chi connectivity index (χ2n) is 6.51. The molecule has 1 N–H and O–H groups in total. The topological polar surface area (TPSA) is 54.5 Å². The molecule has 0 saturated carbocycles. The first-order valence-electron chi connectivity index (χ1n) is 8.83. The van der Waals surface area contributed by atoms with Crippen molar-refractivity contribution < 1.29 is 9.53 Å². The van der Waals surface area contributed by atoms with Gasteiger partial charge in [-0.1, -0.05) is 18.2 Å². The molecule has 2 heterocycles. The van der Waals surface area contributed by atoms with Crippen LogP contribution in [0.1, 0.15) is 30.9 Å². The van der Waals surface area contributed by atoms with Crippen molar-refractivity contribution in [3.05, 3.63) is 53.7 Å². The van der Waals surface area contributed by atoms with Gasteiger partial charge in [-0.05, 0) is 56.0 Å². The molecule has 1 aromatic carbocycles. The molecule has 0 spiro atoms. The Morgan fingerprint density at radius 2 is 2.08 bits per heavy atom. The molecule has 0 radical (unpaired) electrons. The van der Waals surface area contributed by atoms with Gasteiger partial charge in [-0.2, -0.15) is 0 Å². The number of pyridine rings is 1. The van der Waals surface area contributed by atoms with Gasteiger partial charge in [-0.3, -0.25) is 4.79 Å². The number of nitrogens with zero attached hydrogens (tertiary/aromatic N) is 2. The number of ether oxygens (including phenoxy) is 1. The molecule has 1 aromatic heterocycles. The number of aryl methyl sites for hydroxylation is 1. The Hall–Kier alpha value is -2.56. The zero-order chi connectivity index (χ0) is 17.6. The van der Waals surface area contributed by atoms with E-state index in [1.54, 1.807) is 6.92 Å². The summed E-state index contributed by atoms with van der Waals surface area (Å²) >= 11 is 0. The second-order valence-corrected chi connectivity index (χ2v) is 6.51. The van der Waals surface area contributed by atoms with E-state index in [4.69, 9.17) is 4.74 Å². The van der Waals surface area contributed by atoms with E-state index in [9.17, 15) is 4.79 Å². The van der Waals surface area contributed by atoms with Gasteiger partial charge in [-0.15, -0.1) is 0 Å². The summed E-state index contributed by atoms with van der Waals surface area (Å²) in [6.45, 7) is 6.37. The molecule has 0 aliphatic carbocycles. The first-order valence-corrected chi connectivity index (χ1v) is 8.83. The largest absolute Gasteiger partial charge is 0.481 e. The fraction of sp³-hybridized carbons (Fsp3) is 0.400. The number of benzene rings is 1. The average Bonchev–Trinajstić information content (AvgIpc) is 3.14. The van der Waals surface area contributed by atoms with Crippen molar-refractivity contribution in [2.75, 3.05) is 18.0 Å². The summed E-state index contributed by atoms with van der Waals surface area (Å²) in [5.41, 5.74) is 2.09. The maximum absolute atomic E-state index is 12.2. The molecule has 5 nitrogen and oxygen atoms in total. The van der Waals surface area contributed by atoms with Crippen molar-refractivity contribution >= 4 is 11.7 Å². The monoisotopic (exact) mass is 339 g/mol. The van der Waals surface area contributed by atoms with Gasteiger partial charge in [0.25, 0.3) is 5.91 Å². The van der Waals surface area contributed by atoms with E-state index in [1.165, 1.54) is 12.8 Å². The third-order valence-corrected chi connectivity index (χ3v) is 4.38. The first kappa shape index (κ1) is 17.3. The highest BCUT2D eigenvalue weighted by Crippen LogP contribution is 2.17. The third kappa shape index (κ3) is 4.72. The summed E-state index contributed by atoms with van der Waals surface area (Å²) in [5.74, 6) is 1.59. The minimum absolute atomic E-state index is 0.134. The molecule has 1 fully saturated rings. The van der Waals surface area contributed by atoms with Crippen molar-refractivity contribution in [2.45, 2.75) is 39.3 Å². The Labute approximate surface area is 149 Å². The highest BCUT2D eigenvalue weighted by molar-refractivity contribution is 5.80. The third-order valence-electron chi connectivity index (χ3n) is 4.38. The molecular formula is C20H25N3O2. The van der Waals surface area contributed by atoms with Crippen LogP contribution in [0.25, 0.3) is 0 Å². The van der Waals surface area contributed by atoms with Gasteiger partial charge in [0.15, 0.2) is 6.10 Å². The zero-order valence-electron chi connectivity index (χ0n) is 14.9. The standard InChI is InChI=1S/C20H25N3O2/c1-15-6-5-7-18(12-15)25-16(2)20(24)22-14-17-8-9-19(21-13-17)23-10-3-4-11-23/h5-9,12-13,16H,3-4,10-11,14H2,1-2H3,(H,22,24). The minimum atomic E-state index is -0.543. The van der Waals surface area contributed by atoms with Gasteiger partial charge in [0.05, 0.1) is 0 Å². The lowest BCUT2D eigenvalue weighted by atomic mass is 10.2. The number of nitrogens with one attached hydrogen (secondary N) is 1. The number of carbonyl (C=O) groups excluding carboxylic acids is 1. The molecule has 2 aromatic rings. The zero-order valence-corrected chi connectivity index (χ0v) is 14.9. The fourth-order valence-electron chi connectivity index (χ4n) is 2.93. The maximum Gasteiger partial charge on any atom is 0.261 e. The van der Waals surface area contributed by atoms with Crippen LogP contribution in [0.2, 0.25) is 0 Å². The number of anilines is 1. The van der Waals surface area contributed by atoms with E-state index in [0.29, 0.717) is 12.3 Å². The number of hydrogen-bond acceptors (Lipinski definition) is 4. The van der Waals surface area contributed by atoms with Crippen LogP contribution in [-0.2, 0) is 11.3 Å². The lowest BCUT2D eigenvalue weighted by molar-refractivity contribution is -0.127. The Morgan fingerprint density at radius 3 is 2.76 bits per heavy atom. The van der Waals surface area contributed by atoms with Gasteiger partial charge in [0, 0.05) is 25.8 Å². The lowest BCUT2D eigenvalue weighted by Gasteiger charge is -2.17. The molecule has 1 amide bonds. The van der Waals surface area contributed by atoms with Crippen molar-refractivity contribution in [1.82, 2.24) is 10.3 Å². The SMILES string of the molecule is Cc1cccc(OC(C)C(=O)NCc2ccc(N3CCCC3)nc2)c1. The van der Waals surface area contributed by atoms with Crippen molar-refractivity contribution in [3.8, 4) is 5.75 Å². The summed E-state index contributed by atoms with van der Waals surface area (Å²) in [6, 6.07) is 11.7. The summed E-state index contributed by atoms with van der Waals surface area (Å²) in [6.07, 6.45) is 3.76. The first-order chi connectivity index (χ1) is 12.1. The van der Waals surface area contributed by atoms with E-state index < -0.39 is 6.10 Å². The van der Waals surface area contributed by atoms with Gasteiger partial charge in [0.2, 0.25) is 0 Å². The number of hydrogen-bond donors (Lipinski definition) is 1. The quantitative estimate of drug-likeness (QED) is 0.879. The van der Waals surface area contributed by atoms with Crippen LogP contribution >= 0.6 is 0 Å². The van der Waals surface area contributed by atoms with Crippen LogP contribution < -0.4 is 15.0 Å². The predicted octanol–water partition coefficient (Wildman–Crippen LogP) is 3.07. The van der Waals surface area contributed by atoms with Crippen LogP contribution in [-0.4, -0.2) is 30.1 Å². The van der Waals surface area contributed by atoms with Crippen LogP contribution in [0.3, 0.4) is 0 Å². The number of carbonyl (C=O) groups is 1. The normalized spacial score (nSPS) is 15.0. The van der Waals surface area contributed by atoms with E-state index in [1.807, 2.05) is 49.5 Å². The minimum Gasteiger partial charge on any atom is -0.481 e. The Kier molecular flexibility index (Phi) is 5.53. The van der Waals surface area contributed by atoms with E-state index in [0.717, 1.165) is 30.0 Å². The number of amides is 1. The molecule has 1 atom stereocenters. The summed E-state index contributed by atoms with van der Waals surface area (Å²) in [5, 5.41) is 2.91. The van der Waals surface area contributed by atoms with Crippen molar-refractivity contribution in [2.24, 2.45) is 0 Å². The lowest BCUT2D eigenvalue weighted by Crippen LogP contribution is -2.35. The Bertz CT molecular complexity index is 709. The van der Waals surface area contributed by atoms with Gasteiger partial charge >= 0.3 is 0 Å². The molecule has 0 bridgehead atoms. The van der Waals surface area contributed by atoms with Crippen molar-refractivity contribution in [1.29, 1.82) is 0 Å². The summed E-state index contributed by atoms with van der Waals surface area (Å²) in [4.78, 5) is 19.0. The Balaban J connectivity index is 1.49. The molecule has 1 saturated heterocycles. The molecule has 1 unspecified atom stereocenters. The average molecular weight is 339 g/mol. The van der Waals surface area contributed by atoms with E-state index in [-0.39, 0.29) is 5.91 Å². The smallest absolute Gasteiger partial charge is 0.261 e. The highest BCUT2D eigenvalue weighted by atomic mass is 16.5. The predicted molar refractivity (Wildman–Crippen MR) is 98.8 cm³/mol. The maximum atomic E-state index is 12.2. The van der Waals surface area contributed by atoms with Crippen LogP contribution in [0.4, 0.5) is 5.82 Å². The number of aromatic nitrogens is 1. The van der Waals surface area contributed by atoms with Crippen LogP contribution in [0.15, 0.2) is 42.6 Å². The molecule has 1 aliphatic heterocycles. The van der Waals surface area contributed by atoms with Crippen LogP contribution in [0.5, 0.6) is 5.75 Å². The van der Waals surface area contributed by atoms with Gasteiger partial charge in [-0.25, -0.2) is 4.98 Å². The molecule has 1 aliphatic rings. The highest BCUT2D eigenvalue weighted by Gasteiger charge is 2.15. The van der Waals surface area contributed by atoms with Crippen molar-refractivity contribution in [3.63, 3.8) is 0 Å². The van der Waals surface area contributed by atoms with E-state index >= 15 is 0 Å². The Morgan fingerprint density at radius 1 is 1.28 bits per heavy atom. The summed E-state index contributed by atoms with van der Waals surface area (Å²) in [7, 11) is 0. The second kappa shape index (κ2) is 8.01. The molecular weight excluding hydrogens is 314 g/mol. The van der Waals surface area contributed by atoms with Gasteiger partial charge < -0.3 is 15.0 Å². The molecule has 132 valence electrons. The summed E-state index contributed by atoms with van der Waals surface area (Å²) < 4.78 is 5.70. The fourth-order valence-corrected chi connectivity index (χ4v) is 2.93. The van der Waals surface area contributed by atoms with Gasteiger partial charge in [0.1, 0.15) is 11.6 Å². The molecule has 3 rings (SSSR count). The molecule has 25 heavy (non-hydrogen) atoms. The van der Waals surface area contributed by atoms with Crippen LogP contribution in [0, 0.1) is 6.92 Å². The molecule has 5 heteroatoms. The number of rotatable bonds is 6. The van der Waals surface area contributed by atoms with E-state index in [2.05, 4.69) is 15.2 Å².